The van der Waals surface area contributed by atoms with Crippen molar-refractivity contribution in [2.24, 2.45) is 0 Å². The van der Waals surface area contributed by atoms with E-state index in [0.29, 0.717) is 12.5 Å². The van der Waals surface area contributed by atoms with Crippen molar-refractivity contribution >= 4 is 11.7 Å². The van der Waals surface area contributed by atoms with Crippen molar-refractivity contribution in [2.45, 2.75) is 26.3 Å². The Hall–Kier alpha value is -1.78. The molecule has 1 aromatic rings. The van der Waals surface area contributed by atoms with E-state index in [4.69, 9.17) is 9.84 Å². The highest BCUT2D eigenvalue weighted by Gasteiger charge is 2.07. The third-order valence-corrected chi connectivity index (χ3v) is 1.92. The number of hydrogen-bond donors (Lipinski definition) is 2. The van der Waals surface area contributed by atoms with E-state index in [-0.39, 0.29) is 12.5 Å². The predicted octanol–water partition coefficient (Wildman–Crippen LogP) is 1.76. The molecule has 0 aliphatic carbocycles. The molecule has 2 N–H and O–H groups in total. The van der Waals surface area contributed by atoms with Crippen molar-refractivity contribution in [3.63, 3.8) is 0 Å². The van der Waals surface area contributed by atoms with Crippen LogP contribution >= 0.6 is 0 Å². The van der Waals surface area contributed by atoms with Gasteiger partial charge in [-0.05, 0) is 19.9 Å². The van der Waals surface area contributed by atoms with Crippen LogP contribution in [0.4, 0.5) is 5.69 Å². The van der Waals surface area contributed by atoms with Gasteiger partial charge in [0.25, 0.3) is 0 Å². The van der Waals surface area contributed by atoms with Crippen molar-refractivity contribution in [3.05, 3.63) is 18.3 Å². The number of aliphatic carboxylic acids is 1. The highest BCUT2D eigenvalue weighted by Crippen LogP contribution is 2.13. The lowest BCUT2D eigenvalue weighted by Crippen LogP contribution is -2.19. The van der Waals surface area contributed by atoms with Gasteiger partial charge >= 0.3 is 5.97 Å². The summed E-state index contributed by atoms with van der Waals surface area (Å²) in [6.07, 6.45) is 1.70. The number of anilines is 1. The smallest absolute Gasteiger partial charge is 0.305 e. The van der Waals surface area contributed by atoms with Gasteiger partial charge in [-0.3, -0.25) is 4.79 Å². The molecule has 0 spiro atoms. The molecule has 0 amide bonds. The summed E-state index contributed by atoms with van der Waals surface area (Å²) in [5.74, 6) is -0.252. The van der Waals surface area contributed by atoms with E-state index in [0.717, 1.165) is 5.69 Å². The third-order valence-electron chi connectivity index (χ3n) is 1.92. The van der Waals surface area contributed by atoms with Crippen LogP contribution in [0.2, 0.25) is 0 Å². The van der Waals surface area contributed by atoms with Crippen molar-refractivity contribution in [2.75, 3.05) is 11.9 Å². The minimum Gasteiger partial charge on any atom is -0.481 e. The van der Waals surface area contributed by atoms with Crippen molar-refractivity contribution in [1.29, 1.82) is 0 Å². The Balaban J connectivity index is 2.51. The minimum atomic E-state index is -0.820. The minimum absolute atomic E-state index is 0.0766. The first-order valence-corrected chi connectivity index (χ1v) is 5.19. The second-order valence-corrected chi connectivity index (χ2v) is 3.46. The second kappa shape index (κ2) is 5.95. The van der Waals surface area contributed by atoms with E-state index in [1.165, 1.54) is 0 Å². The Morgan fingerprint density at radius 3 is 2.88 bits per heavy atom. The quantitative estimate of drug-likeness (QED) is 0.770. The number of hydrogen-bond acceptors (Lipinski definition) is 4. The van der Waals surface area contributed by atoms with E-state index in [2.05, 4.69) is 10.3 Å². The van der Waals surface area contributed by atoms with Crippen LogP contribution in [-0.4, -0.2) is 28.7 Å². The van der Waals surface area contributed by atoms with Crippen molar-refractivity contribution < 1.29 is 14.6 Å². The molecule has 16 heavy (non-hydrogen) atoms. The SMILES string of the molecule is CCOc1ccc(NC(C)CC(=O)O)cn1. The van der Waals surface area contributed by atoms with Gasteiger partial charge in [0.2, 0.25) is 5.88 Å². The molecule has 0 saturated carbocycles. The zero-order valence-electron chi connectivity index (χ0n) is 9.43. The van der Waals surface area contributed by atoms with Crippen LogP contribution in [0.15, 0.2) is 18.3 Å². The Bertz CT molecular complexity index is 338. The fourth-order valence-corrected chi connectivity index (χ4v) is 1.30. The molecule has 1 aromatic heterocycles. The Morgan fingerprint density at radius 1 is 1.62 bits per heavy atom. The molecular weight excluding hydrogens is 208 g/mol. The topological polar surface area (TPSA) is 71.5 Å². The molecule has 1 unspecified atom stereocenters. The van der Waals surface area contributed by atoms with Crippen molar-refractivity contribution in [1.82, 2.24) is 4.98 Å². The molecular formula is C11H16N2O3. The van der Waals surface area contributed by atoms with Gasteiger partial charge in [-0.15, -0.1) is 0 Å². The van der Waals surface area contributed by atoms with Gasteiger partial charge in [-0.2, -0.15) is 0 Å². The zero-order chi connectivity index (χ0) is 12.0. The van der Waals surface area contributed by atoms with Crippen LogP contribution in [0.3, 0.4) is 0 Å². The predicted molar refractivity (Wildman–Crippen MR) is 60.7 cm³/mol. The fourth-order valence-electron chi connectivity index (χ4n) is 1.30. The number of nitrogens with one attached hydrogen (secondary N) is 1. The molecule has 0 aliphatic rings. The highest BCUT2D eigenvalue weighted by molar-refractivity contribution is 5.68. The van der Waals surface area contributed by atoms with E-state index in [9.17, 15) is 4.79 Å². The summed E-state index contributed by atoms with van der Waals surface area (Å²) in [5.41, 5.74) is 0.789. The maximum atomic E-state index is 10.5. The Morgan fingerprint density at radius 2 is 2.38 bits per heavy atom. The monoisotopic (exact) mass is 224 g/mol. The molecule has 1 rings (SSSR count). The van der Waals surface area contributed by atoms with Crippen LogP contribution in [0.5, 0.6) is 5.88 Å². The molecule has 1 atom stereocenters. The summed E-state index contributed by atoms with van der Waals surface area (Å²) in [4.78, 5) is 14.5. The summed E-state index contributed by atoms with van der Waals surface area (Å²) in [6, 6.07) is 3.44. The maximum Gasteiger partial charge on any atom is 0.305 e. The lowest BCUT2D eigenvalue weighted by Gasteiger charge is -2.12. The molecule has 0 saturated heterocycles. The van der Waals surface area contributed by atoms with Gasteiger partial charge in [0.15, 0.2) is 0 Å². The number of carbonyl (C=O) groups is 1. The zero-order valence-corrected chi connectivity index (χ0v) is 9.43. The van der Waals surface area contributed by atoms with E-state index >= 15 is 0 Å². The largest absolute Gasteiger partial charge is 0.481 e. The number of rotatable bonds is 6. The summed E-state index contributed by atoms with van der Waals surface area (Å²) in [7, 11) is 0. The number of carboxylic acids is 1. The summed E-state index contributed by atoms with van der Waals surface area (Å²) >= 11 is 0. The van der Waals surface area contributed by atoms with Gasteiger partial charge in [-0.25, -0.2) is 4.98 Å². The maximum absolute atomic E-state index is 10.5. The Kier molecular flexibility index (Phi) is 4.57. The van der Waals surface area contributed by atoms with Gasteiger partial charge in [0.05, 0.1) is 24.9 Å². The molecule has 5 nitrogen and oxygen atoms in total. The number of carboxylic acid groups (broad SMARTS) is 1. The lowest BCUT2D eigenvalue weighted by atomic mass is 10.2. The van der Waals surface area contributed by atoms with Crippen molar-refractivity contribution in [3.8, 4) is 5.88 Å². The number of aromatic nitrogens is 1. The number of pyridine rings is 1. The van der Waals surface area contributed by atoms with Gasteiger partial charge in [0, 0.05) is 12.1 Å². The van der Waals surface area contributed by atoms with Crippen LogP contribution < -0.4 is 10.1 Å². The molecule has 0 bridgehead atoms. The second-order valence-electron chi connectivity index (χ2n) is 3.46. The van der Waals surface area contributed by atoms with E-state index in [1.54, 1.807) is 12.3 Å². The molecule has 5 heteroatoms. The molecule has 0 fully saturated rings. The summed E-state index contributed by atoms with van der Waals surface area (Å²) < 4.78 is 5.20. The first-order chi connectivity index (χ1) is 7.61. The van der Waals surface area contributed by atoms with Crippen LogP contribution in [-0.2, 0) is 4.79 Å². The average molecular weight is 224 g/mol. The van der Waals surface area contributed by atoms with Crippen LogP contribution in [0.25, 0.3) is 0 Å². The molecule has 0 aliphatic heterocycles. The molecule has 0 radical (unpaired) electrons. The average Bonchev–Trinajstić information content (AvgIpc) is 2.20. The first-order valence-electron chi connectivity index (χ1n) is 5.19. The fraction of sp³-hybridized carbons (Fsp3) is 0.455. The molecule has 88 valence electrons. The Labute approximate surface area is 94.5 Å². The third kappa shape index (κ3) is 4.16. The lowest BCUT2D eigenvalue weighted by molar-refractivity contribution is -0.137. The van der Waals surface area contributed by atoms with Gasteiger partial charge < -0.3 is 15.2 Å². The normalized spacial score (nSPS) is 11.9. The molecule has 0 aromatic carbocycles. The van der Waals surface area contributed by atoms with E-state index in [1.807, 2.05) is 19.9 Å². The van der Waals surface area contributed by atoms with Gasteiger partial charge in [-0.1, -0.05) is 0 Å². The summed E-state index contributed by atoms with van der Waals surface area (Å²) in [6.45, 7) is 4.28. The van der Waals surface area contributed by atoms with Crippen LogP contribution in [0, 0.1) is 0 Å². The highest BCUT2D eigenvalue weighted by atomic mass is 16.5. The first kappa shape index (κ1) is 12.3. The van der Waals surface area contributed by atoms with E-state index < -0.39 is 5.97 Å². The van der Waals surface area contributed by atoms with Crippen LogP contribution in [0.1, 0.15) is 20.3 Å². The van der Waals surface area contributed by atoms with Gasteiger partial charge in [0.1, 0.15) is 0 Å². The number of ether oxygens (including phenoxy) is 1. The standard InChI is InChI=1S/C11H16N2O3/c1-3-16-10-5-4-9(7-12-10)13-8(2)6-11(14)15/h4-5,7-8,13H,3,6H2,1-2H3,(H,14,15). The number of nitrogens with zero attached hydrogens (tertiary/aromatic N) is 1. The summed E-state index contributed by atoms with van der Waals surface area (Å²) in [5, 5.41) is 11.6. The molecule has 1 heterocycles.